The van der Waals surface area contributed by atoms with Crippen LogP contribution in [0.25, 0.3) is 0 Å². The fourth-order valence-corrected chi connectivity index (χ4v) is 8.14. The number of ether oxygens (including phenoxy) is 1. The summed E-state index contributed by atoms with van der Waals surface area (Å²) in [5, 5.41) is 23.8. The van der Waals surface area contributed by atoms with Crippen LogP contribution in [0.15, 0.2) is 72.9 Å². The molecule has 0 aromatic heterocycles. The van der Waals surface area contributed by atoms with Crippen LogP contribution in [0.5, 0.6) is 0 Å². The number of unbranched alkanes of at least 4 members (excludes halogenated alkanes) is 29. The molecule has 0 aliphatic heterocycles. The second-order valence-corrected chi connectivity index (χ2v) is 18.8. The molecule has 0 heterocycles. The molecule has 3 N–H and O–H groups in total. The standard InChI is InChI=1S/C59H105NO5/c1-4-7-10-13-16-19-22-25-27-29-30-32-34-37-40-43-46-49-52-59(64)65-55(50-47-44-41-38-35-33-31-28-26-23-20-17-14-11-8-5-2)53-58(63)60-56(54-61)57(62)51-48-45-42-39-36-24-21-18-15-12-9-6-3/h16,19,22,25,27-33,35,55-57,61-62H,4-15,17-18,20-21,23-24,26,34,36-54H2,1-3H3,(H,60,63)/b19-16+,25-22+,29-27+,31-28+,32-30+,35-33+. The average molecular weight is 908 g/mol. The zero-order chi connectivity index (χ0) is 47.4. The minimum Gasteiger partial charge on any atom is -0.462 e. The molecule has 376 valence electrons. The van der Waals surface area contributed by atoms with Crippen molar-refractivity contribution in [1.82, 2.24) is 5.32 Å². The van der Waals surface area contributed by atoms with E-state index in [-0.39, 0.29) is 24.9 Å². The van der Waals surface area contributed by atoms with Gasteiger partial charge in [0.15, 0.2) is 0 Å². The summed E-state index contributed by atoms with van der Waals surface area (Å²) in [5.74, 6) is -0.524. The van der Waals surface area contributed by atoms with Gasteiger partial charge in [-0.15, -0.1) is 0 Å². The van der Waals surface area contributed by atoms with Crippen LogP contribution in [0.1, 0.15) is 265 Å². The van der Waals surface area contributed by atoms with Crippen molar-refractivity contribution in [3.8, 4) is 0 Å². The van der Waals surface area contributed by atoms with Gasteiger partial charge in [0, 0.05) is 6.42 Å². The third-order valence-electron chi connectivity index (χ3n) is 12.4. The second kappa shape index (κ2) is 52.3. The summed E-state index contributed by atoms with van der Waals surface area (Å²) in [6.45, 7) is 6.43. The summed E-state index contributed by atoms with van der Waals surface area (Å²) < 4.78 is 5.93. The van der Waals surface area contributed by atoms with Crippen LogP contribution in [0.4, 0.5) is 0 Å². The van der Waals surface area contributed by atoms with Gasteiger partial charge in [0.1, 0.15) is 6.10 Å². The lowest BCUT2D eigenvalue weighted by molar-refractivity contribution is -0.151. The van der Waals surface area contributed by atoms with E-state index < -0.39 is 18.2 Å². The van der Waals surface area contributed by atoms with Crippen LogP contribution in [0.2, 0.25) is 0 Å². The normalized spacial score (nSPS) is 13.7. The maximum atomic E-state index is 13.2. The number of aliphatic hydroxyl groups excluding tert-OH is 2. The third kappa shape index (κ3) is 47.6. The zero-order valence-corrected chi connectivity index (χ0v) is 42.9. The van der Waals surface area contributed by atoms with Crippen molar-refractivity contribution in [2.45, 2.75) is 283 Å². The first kappa shape index (κ1) is 62.3. The van der Waals surface area contributed by atoms with E-state index in [1.165, 1.54) is 122 Å². The summed E-state index contributed by atoms with van der Waals surface area (Å²) >= 11 is 0. The lowest BCUT2D eigenvalue weighted by Crippen LogP contribution is -2.46. The number of rotatable bonds is 49. The van der Waals surface area contributed by atoms with E-state index >= 15 is 0 Å². The van der Waals surface area contributed by atoms with E-state index in [0.717, 1.165) is 96.3 Å². The fraction of sp³-hybridized carbons (Fsp3) is 0.763. The molecule has 6 nitrogen and oxygen atoms in total. The number of amides is 1. The third-order valence-corrected chi connectivity index (χ3v) is 12.4. The molecular formula is C59H105NO5. The highest BCUT2D eigenvalue weighted by Gasteiger charge is 2.24. The number of carbonyl (C=O) groups is 2. The molecule has 0 saturated heterocycles. The van der Waals surface area contributed by atoms with E-state index in [0.29, 0.717) is 19.3 Å². The number of hydrogen-bond donors (Lipinski definition) is 3. The molecule has 1 amide bonds. The average Bonchev–Trinajstić information content (AvgIpc) is 3.30. The Labute approximate surface area is 402 Å². The van der Waals surface area contributed by atoms with E-state index in [9.17, 15) is 19.8 Å². The molecule has 3 unspecified atom stereocenters. The molecule has 0 aromatic carbocycles. The Morgan fingerprint density at radius 1 is 0.446 bits per heavy atom. The topological polar surface area (TPSA) is 95.9 Å². The van der Waals surface area contributed by atoms with Gasteiger partial charge in [-0.3, -0.25) is 9.59 Å². The SMILES string of the molecule is CCCCC/C=C/C=C/C=C/C=C/CCCCCCCC(=O)OC(CCCCC/C=C/C=C/CCCCCCCCC)CC(=O)NC(CO)C(O)CCCCCCCCCCCCCC. The molecule has 65 heavy (non-hydrogen) atoms. The smallest absolute Gasteiger partial charge is 0.306 e. The van der Waals surface area contributed by atoms with Crippen molar-refractivity contribution in [3.63, 3.8) is 0 Å². The van der Waals surface area contributed by atoms with Gasteiger partial charge in [0.2, 0.25) is 5.91 Å². The molecule has 0 fully saturated rings. The van der Waals surface area contributed by atoms with Crippen LogP contribution in [-0.2, 0) is 14.3 Å². The van der Waals surface area contributed by atoms with Crippen LogP contribution in [-0.4, -0.2) is 46.9 Å². The van der Waals surface area contributed by atoms with Crippen molar-refractivity contribution in [1.29, 1.82) is 0 Å². The highest BCUT2D eigenvalue weighted by Crippen LogP contribution is 2.17. The largest absolute Gasteiger partial charge is 0.462 e. The Balaban J connectivity index is 4.68. The van der Waals surface area contributed by atoms with E-state index in [2.05, 4.69) is 99.0 Å². The number of carbonyl (C=O) groups excluding carboxylic acids is 2. The van der Waals surface area contributed by atoms with Crippen LogP contribution in [0, 0.1) is 0 Å². The first-order valence-electron chi connectivity index (χ1n) is 27.7. The second-order valence-electron chi connectivity index (χ2n) is 18.8. The van der Waals surface area contributed by atoms with E-state index in [1.807, 2.05) is 0 Å². The molecule has 6 heteroatoms. The van der Waals surface area contributed by atoms with Gasteiger partial charge >= 0.3 is 5.97 Å². The number of allylic oxidation sites excluding steroid dienone is 12. The van der Waals surface area contributed by atoms with Crippen LogP contribution >= 0.6 is 0 Å². The Bertz CT molecular complexity index is 1200. The van der Waals surface area contributed by atoms with E-state index in [1.54, 1.807) is 0 Å². The summed E-state index contributed by atoms with van der Waals surface area (Å²) in [6.07, 6.45) is 66.7. The Morgan fingerprint density at radius 2 is 0.785 bits per heavy atom. The first-order chi connectivity index (χ1) is 32.0. The van der Waals surface area contributed by atoms with Crippen molar-refractivity contribution < 1.29 is 24.5 Å². The predicted molar refractivity (Wildman–Crippen MR) is 282 cm³/mol. The van der Waals surface area contributed by atoms with Gasteiger partial charge in [-0.25, -0.2) is 0 Å². The highest BCUT2D eigenvalue weighted by molar-refractivity contribution is 5.77. The molecule has 0 saturated carbocycles. The summed E-state index contributed by atoms with van der Waals surface area (Å²) in [7, 11) is 0. The van der Waals surface area contributed by atoms with Gasteiger partial charge in [-0.1, -0.05) is 248 Å². The maximum Gasteiger partial charge on any atom is 0.306 e. The fourth-order valence-electron chi connectivity index (χ4n) is 8.14. The molecule has 0 bridgehead atoms. The van der Waals surface area contributed by atoms with Gasteiger partial charge in [0.25, 0.3) is 0 Å². The predicted octanol–water partition coefficient (Wildman–Crippen LogP) is 17.0. The molecule has 0 spiro atoms. The molecule has 0 aliphatic carbocycles. The summed E-state index contributed by atoms with van der Waals surface area (Å²) in [5.41, 5.74) is 0. The molecular weight excluding hydrogens is 803 g/mol. The summed E-state index contributed by atoms with van der Waals surface area (Å²) in [4.78, 5) is 26.2. The van der Waals surface area contributed by atoms with Crippen LogP contribution in [0.3, 0.4) is 0 Å². The van der Waals surface area contributed by atoms with Crippen molar-refractivity contribution >= 4 is 11.9 Å². The van der Waals surface area contributed by atoms with Gasteiger partial charge in [-0.2, -0.15) is 0 Å². The summed E-state index contributed by atoms with van der Waals surface area (Å²) in [6, 6.07) is -0.718. The number of esters is 1. The first-order valence-corrected chi connectivity index (χ1v) is 27.7. The molecule has 0 aliphatic rings. The minimum atomic E-state index is -0.802. The highest BCUT2D eigenvalue weighted by atomic mass is 16.5. The quantitative estimate of drug-likeness (QED) is 0.0321. The van der Waals surface area contributed by atoms with Crippen molar-refractivity contribution in [3.05, 3.63) is 72.9 Å². The van der Waals surface area contributed by atoms with Crippen LogP contribution < -0.4 is 5.32 Å². The Hall–Kier alpha value is -2.70. The number of hydrogen-bond acceptors (Lipinski definition) is 5. The molecule has 0 aromatic rings. The van der Waals surface area contributed by atoms with Gasteiger partial charge in [-0.05, 0) is 77.0 Å². The molecule has 3 atom stereocenters. The zero-order valence-electron chi connectivity index (χ0n) is 42.9. The van der Waals surface area contributed by atoms with Gasteiger partial charge < -0.3 is 20.3 Å². The monoisotopic (exact) mass is 908 g/mol. The Morgan fingerprint density at radius 3 is 1.25 bits per heavy atom. The van der Waals surface area contributed by atoms with Gasteiger partial charge in [0.05, 0.1) is 25.2 Å². The molecule has 0 rings (SSSR count). The van der Waals surface area contributed by atoms with E-state index in [4.69, 9.17) is 4.74 Å². The molecule has 0 radical (unpaired) electrons. The lowest BCUT2D eigenvalue weighted by atomic mass is 10.0. The van der Waals surface area contributed by atoms with Crippen molar-refractivity contribution in [2.75, 3.05) is 6.61 Å². The minimum absolute atomic E-state index is 0.0478. The lowest BCUT2D eigenvalue weighted by Gasteiger charge is -2.24. The van der Waals surface area contributed by atoms with Crippen molar-refractivity contribution in [2.24, 2.45) is 0 Å². The Kier molecular flexibility index (Phi) is 50.1. The maximum absolute atomic E-state index is 13.2. The number of aliphatic hydroxyl groups is 2. The number of nitrogens with one attached hydrogen (secondary N) is 1.